The predicted molar refractivity (Wildman–Crippen MR) is 85.6 cm³/mol. The molecule has 0 spiro atoms. The van der Waals surface area contributed by atoms with Crippen LogP contribution in [0.1, 0.15) is 44.0 Å². The van der Waals surface area contributed by atoms with Gasteiger partial charge in [0.1, 0.15) is 5.82 Å². The summed E-state index contributed by atoms with van der Waals surface area (Å²) < 4.78 is 0. The van der Waals surface area contributed by atoms with Gasteiger partial charge in [0.15, 0.2) is 0 Å². The molecule has 2 N–H and O–H groups in total. The van der Waals surface area contributed by atoms with Crippen molar-refractivity contribution in [2.75, 3.05) is 25.0 Å². The van der Waals surface area contributed by atoms with Crippen LogP contribution < -0.4 is 10.6 Å². The Kier molecular flexibility index (Phi) is 5.56. The van der Waals surface area contributed by atoms with Gasteiger partial charge in [-0.3, -0.25) is 9.69 Å². The molecule has 1 heterocycles. The number of amides is 1. The van der Waals surface area contributed by atoms with E-state index in [4.69, 9.17) is 0 Å². The molecule has 1 aromatic heterocycles. The maximum absolute atomic E-state index is 12.1. The Hall–Kier alpha value is -1.62. The number of nitrogens with zero attached hydrogens (tertiary/aromatic N) is 2. The minimum absolute atomic E-state index is 0.0560. The normalized spacial score (nSPS) is 15.8. The number of anilines is 1. The highest BCUT2D eigenvalue weighted by Gasteiger charge is 2.21. The van der Waals surface area contributed by atoms with Gasteiger partial charge in [-0.15, -0.1) is 0 Å². The van der Waals surface area contributed by atoms with E-state index in [1.165, 1.54) is 12.8 Å². The van der Waals surface area contributed by atoms with Gasteiger partial charge in [-0.05, 0) is 45.0 Å². The SMILES string of the molecule is CCN(CC)[C@@H](C)CNC(=O)c1ccc(NC2CC2)nc1. The van der Waals surface area contributed by atoms with E-state index >= 15 is 0 Å². The number of hydrogen-bond donors (Lipinski definition) is 2. The number of rotatable bonds is 8. The maximum Gasteiger partial charge on any atom is 0.252 e. The lowest BCUT2D eigenvalue weighted by Crippen LogP contribution is -2.42. The molecule has 0 radical (unpaired) electrons. The second-order valence-corrected chi connectivity index (χ2v) is 5.63. The number of carbonyl (C=O) groups excluding carboxylic acids is 1. The fourth-order valence-corrected chi connectivity index (χ4v) is 2.37. The molecule has 21 heavy (non-hydrogen) atoms. The first-order valence-corrected chi connectivity index (χ1v) is 7.88. The molecule has 1 atom stereocenters. The predicted octanol–water partition coefficient (Wildman–Crippen LogP) is 2.12. The van der Waals surface area contributed by atoms with Gasteiger partial charge in [-0.2, -0.15) is 0 Å². The highest BCUT2D eigenvalue weighted by Crippen LogP contribution is 2.23. The second kappa shape index (κ2) is 7.41. The average Bonchev–Trinajstić information content (AvgIpc) is 3.31. The Morgan fingerprint density at radius 3 is 2.62 bits per heavy atom. The standard InChI is InChI=1S/C16H26N4O/c1-4-20(5-2)12(3)10-18-16(21)13-6-9-15(17-11-13)19-14-7-8-14/h6,9,11-12,14H,4-5,7-8,10H2,1-3H3,(H,17,19)(H,18,21)/t12-/m0/s1. The second-order valence-electron chi connectivity index (χ2n) is 5.63. The van der Waals surface area contributed by atoms with E-state index in [0.29, 0.717) is 24.2 Å². The van der Waals surface area contributed by atoms with Gasteiger partial charge in [0.25, 0.3) is 5.91 Å². The summed E-state index contributed by atoms with van der Waals surface area (Å²) in [6.45, 7) is 9.05. The lowest BCUT2D eigenvalue weighted by Gasteiger charge is -2.26. The fraction of sp³-hybridized carbons (Fsp3) is 0.625. The molecule has 1 aromatic rings. The fourth-order valence-electron chi connectivity index (χ4n) is 2.37. The Morgan fingerprint density at radius 1 is 1.38 bits per heavy atom. The summed E-state index contributed by atoms with van der Waals surface area (Å²) in [4.78, 5) is 18.7. The quantitative estimate of drug-likeness (QED) is 0.770. The maximum atomic E-state index is 12.1. The number of likely N-dealkylation sites (N-methyl/N-ethyl adjacent to an activating group) is 1. The van der Waals surface area contributed by atoms with E-state index < -0.39 is 0 Å². The van der Waals surface area contributed by atoms with Crippen molar-refractivity contribution in [3.05, 3.63) is 23.9 Å². The van der Waals surface area contributed by atoms with E-state index in [0.717, 1.165) is 18.9 Å². The summed E-state index contributed by atoms with van der Waals surface area (Å²) in [5.74, 6) is 0.796. The third-order valence-electron chi connectivity index (χ3n) is 3.95. The van der Waals surface area contributed by atoms with Crippen LogP contribution in [0.2, 0.25) is 0 Å². The number of carbonyl (C=O) groups is 1. The summed E-state index contributed by atoms with van der Waals surface area (Å²) in [6, 6.07) is 4.62. The first kappa shape index (κ1) is 15.8. The van der Waals surface area contributed by atoms with Gasteiger partial charge in [-0.25, -0.2) is 4.98 Å². The van der Waals surface area contributed by atoms with Crippen molar-refractivity contribution in [3.63, 3.8) is 0 Å². The molecule has 0 aromatic carbocycles. The summed E-state index contributed by atoms with van der Waals surface area (Å²) in [7, 11) is 0. The van der Waals surface area contributed by atoms with E-state index in [-0.39, 0.29) is 5.91 Å². The number of nitrogens with one attached hydrogen (secondary N) is 2. The summed E-state index contributed by atoms with van der Waals surface area (Å²) in [5.41, 5.74) is 0.614. The van der Waals surface area contributed by atoms with Crippen molar-refractivity contribution in [1.82, 2.24) is 15.2 Å². The number of hydrogen-bond acceptors (Lipinski definition) is 4. The zero-order valence-corrected chi connectivity index (χ0v) is 13.2. The van der Waals surface area contributed by atoms with Crippen LogP contribution in [0, 0.1) is 0 Å². The smallest absolute Gasteiger partial charge is 0.252 e. The zero-order chi connectivity index (χ0) is 15.2. The molecule has 1 aliphatic carbocycles. The van der Waals surface area contributed by atoms with Crippen LogP contribution in [-0.2, 0) is 0 Å². The van der Waals surface area contributed by atoms with Crippen LogP contribution in [0.15, 0.2) is 18.3 Å². The van der Waals surface area contributed by atoms with Gasteiger partial charge in [-0.1, -0.05) is 13.8 Å². The molecule has 0 bridgehead atoms. The highest BCUT2D eigenvalue weighted by molar-refractivity contribution is 5.94. The molecule has 0 aliphatic heterocycles. The topological polar surface area (TPSA) is 57.3 Å². The lowest BCUT2D eigenvalue weighted by atomic mass is 10.2. The Labute approximate surface area is 127 Å². The summed E-state index contributed by atoms with van der Waals surface area (Å²) >= 11 is 0. The Morgan fingerprint density at radius 2 is 2.10 bits per heavy atom. The van der Waals surface area contributed by atoms with Crippen molar-refractivity contribution < 1.29 is 4.79 Å². The molecule has 0 unspecified atom stereocenters. The van der Waals surface area contributed by atoms with E-state index in [1.54, 1.807) is 6.20 Å². The Balaban J connectivity index is 1.82. The third-order valence-corrected chi connectivity index (χ3v) is 3.95. The van der Waals surface area contributed by atoms with Crippen LogP contribution in [-0.4, -0.2) is 47.5 Å². The van der Waals surface area contributed by atoms with Crippen molar-refractivity contribution in [2.45, 2.75) is 45.7 Å². The summed E-state index contributed by atoms with van der Waals surface area (Å²) in [5, 5.41) is 6.29. The third kappa shape index (κ3) is 4.70. The van der Waals surface area contributed by atoms with Gasteiger partial charge in [0.2, 0.25) is 0 Å². The first-order chi connectivity index (χ1) is 10.1. The van der Waals surface area contributed by atoms with Crippen molar-refractivity contribution in [1.29, 1.82) is 0 Å². The van der Waals surface area contributed by atoms with E-state index in [9.17, 15) is 4.79 Å². The molecule has 116 valence electrons. The van der Waals surface area contributed by atoms with Gasteiger partial charge in [0.05, 0.1) is 5.56 Å². The largest absolute Gasteiger partial charge is 0.367 e. The van der Waals surface area contributed by atoms with Crippen molar-refractivity contribution in [2.24, 2.45) is 0 Å². The molecular weight excluding hydrogens is 264 g/mol. The molecule has 5 nitrogen and oxygen atoms in total. The Bertz CT molecular complexity index is 452. The number of pyridine rings is 1. The monoisotopic (exact) mass is 290 g/mol. The zero-order valence-electron chi connectivity index (χ0n) is 13.2. The van der Waals surface area contributed by atoms with Gasteiger partial charge in [0, 0.05) is 24.8 Å². The van der Waals surface area contributed by atoms with Gasteiger partial charge < -0.3 is 10.6 Å². The van der Waals surface area contributed by atoms with Crippen LogP contribution in [0.3, 0.4) is 0 Å². The molecule has 1 aliphatic rings. The molecular formula is C16H26N4O. The molecule has 2 rings (SSSR count). The van der Waals surface area contributed by atoms with Crippen LogP contribution in [0.5, 0.6) is 0 Å². The molecule has 1 fully saturated rings. The van der Waals surface area contributed by atoms with E-state index in [2.05, 4.69) is 41.3 Å². The van der Waals surface area contributed by atoms with Gasteiger partial charge >= 0.3 is 0 Å². The minimum atomic E-state index is -0.0560. The number of aromatic nitrogens is 1. The molecule has 1 amide bonds. The van der Waals surface area contributed by atoms with Crippen LogP contribution in [0.4, 0.5) is 5.82 Å². The highest BCUT2D eigenvalue weighted by atomic mass is 16.1. The first-order valence-electron chi connectivity index (χ1n) is 7.88. The lowest BCUT2D eigenvalue weighted by molar-refractivity contribution is 0.0937. The van der Waals surface area contributed by atoms with Crippen molar-refractivity contribution in [3.8, 4) is 0 Å². The van der Waals surface area contributed by atoms with E-state index in [1.807, 2.05) is 12.1 Å². The van der Waals surface area contributed by atoms with Crippen molar-refractivity contribution >= 4 is 11.7 Å². The summed E-state index contributed by atoms with van der Waals surface area (Å²) in [6.07, 6.45) is 4.07. The molecule has 5 heteroatoms. The van der Waals surface area contributed by atoms with Crippen LogP contribution >= 0.6 is 0 Å². The van der Waals surface area contributed by atoms with Crippen LogP contribution in [0.25, 0.3) is 0 Å². The minimum Gasteiger partial charge on any atom is -0.367 e. The molecule has 0 saturated heterocycles. The average molecular weight is 290 g/mol. The molecule has 1 saturated carbocycles.